The van der Waals surface area contributed by atoms with Crippen molar-refractivity contribution in [3.63, 3.8) is 0 Å². The van der Waals surface area contributed by atoms with E-state index in [2.05, 4.69) is 0 Å². The summed E-state index contributed by atoms with van der Waals surface area (Å²) in [4.78, 5) is 12.1. The highest BCUT2D eigenvalue weighted by molar-refractivity contribution is 5.76. The van der Waals surface area contributed by atoms with Gasteiger partial charge in [0.15, 0.2) is 0 Å². The molecular weight excluding hydrogens is 292 g/mol. The van der Waals surface area contributed by atoms with E-state index in [-0.39, 0.29) is 5.97 Å². The Morgan fingerprint density at radius 2 is 2.00 bits per heavy atom. The van der Waals surface area contributed by atoms with Crippen LogP contribution in [0.4, 0.5) is 0 Å². The van der Waals surface area contributed by atoms with E-state index in [0.29, 0.717) is 30.9 Å². The molecule has 120 valence electrons. The normalized spacial score (nSPS) is 20.1. The Hall–Kier alpha value is -2.33. The van der Waals surface area contributed by atoms with E-state index in [1.165, 1.54) is 0 Å². The van der Waals surface area contributed by atoms with Crippen molar-refractivity contribution in [1.29, 1.82) is 0 Å². The van der Waals surface area contributed by atoms with E-state index in [1.54, 1.807) is 6.92 Å². The highest BCUT2D eigenvalue weighted by Gasteiger charge is 2.34. The number of aliphatic hydroxyl groups is 1. The van der Waals surface area contributed by atoms with Gasteiger partial charge in [0.2, 0.25) is 0 Å². The van der Waals surface area contributed by atoms with Crippen LogP contribution in [0, 0.1) is 5.92 Å². The van der Waals surface area contributed by atoms with E-state index in [0.717, 1.165) is 11.1 Å². The molecule has 0 spiro atoms. The van der Waals surface area contributed by atoms with Gasteiger partial charge in [0.1, 0.15) is 5.75 Å². The zero-order valence-electron chi connectivity index (χ0n) is 13.1. The van der Waals surface area contributed by atoms with E-state index in [4.69, 9.17) is 9.47 Å². The van der Waals surface area contributed by atoms with Crippen LogP contribution >= 0.6 is 0 Å². The van der Waals surface area contributed by atoms with Crippen LogP contribution in [0.25, 0.3) is 11.1 Å². The van der Waals surface area contributed by atoms with Crippen molar-refractivity contribution in [3.05, 3.63) is 54.1 Å². The molecule has 0 aliphatic carbocycles. The van der Waals surface area contributed by atoms with Crippen molar-refractivity contribution >= 4 is 5.97 Å². The SMILES string of the molecule is CCOC(=O)C1CCOc2c(-c3ccccc3)cccc2C1O. The van der Waals surface area contributed by atoms with Gasteiger partial charge in [-0.1, -0.05) is 48.5 Å². The maximum absolute atomic E-state index is 12.1. The fraction of sp³-hybridized carbons (Fsp3) is 0.316. The van der Waals surface area contributed by atoms with Gasteiger partial charge in [0.05, 0.1) is 25.2 Å². The fourth-order valence-electron chi connectivity index (χ4n) is 2.95. The van der Waals surface area contributed by atoms with Crippen LogP contribution in [0.5, 0.6) is 5.75 Å². The monoisotopic (exact) mass is 312 g/mol. The summed E-state index contributed by atoms with van der Waals surface area (Å²) in [5.74, 6) is -0.318. The van der Waals surface area contributed by atoms with Gasteiger partial charge in [0.25, 0.3) is 0 Å². The van der Waals surface area contributed by atoms with Crippen LogP contribution in [0.15, 0.2) is 48.5 Å². The van der Waals surface area contributed by atoms with E-state index in [1.807, 2.05) is 48.5 Å². The molecule has 3 rings (SSSR count). The van der Waals surface area contributed by atoms with Crippen molar-refractivity contribution in [1.82, 2.24) is 0 Å². The number of fused-ring (bicyclic) bond motifs is 1. The molecule has 1 N–H and O–H groups in total. The molecule has 0 saturated heterocycles. The van der Waals surface area contributed by atoms with Crippen LogP contribution < -0.4 is 4.74 Å². The third-order valence-corrected chi connectivity index (χ3v) is 4.09. The fourth-order valence-corrected chi connectivity index (χ4v) is 2.95. The number of hydrogen-bond acceptors (Lipinski definition) is 4. The maximum Gasteiger partial charge on any atom is 0.312 e. The lowest BCUT2D eigenvalue weighted by Crippen LogP contribution is -2.24. The van der Waals surface area contributed by atoms with Gasteiger partial charge in [0, 0.05) is 11.1 Å². The summed E-state index contributed by atoms with van der Waals surface area (Å²) < 4.78 is 11.0. The zero-order valence-corrected chi connectivity index (χ0v) is 13.1. The molecule has 0 bridgehead atoms. The Bertz CT molecular complexity index is 681. The Labute approximate surface area is 135 Å². The predicted octanol–water partition coefficient (Wildman–Crippen LogP) is 3.35. The minimum Gasteiger partial charge on any atom is -0.493 e. The van der Waals surface area contributed by atoms with Crippen LogP contribution in [0.1, 0.15) is 25.0 Å². The maximum atomic E-state index is 12.1. The molecule has 0 saturated carbocycles. The van der Waals surface area contributed by atoms with E-state index < -0.39 is 12.0 Å². The van der Waals surface area contributed by atoms with Crippen molar-refractivity contribution < 1.29 is 19.4 Å². The van der Waals surface area contributed by atoms with Gasteiger partial charge in [-0.25, -0.2) is 0 Å². The van der Waals surface area contributed by atoms with Gasteiger partial charge in [-0.15, -0.1) is 0 Å². The van der Waals surface area contributed by atoms with Crippen LogP contribution in [0.2, 0.25) is 0 Å². The van der Waals surface area contributed by atoms with Crippen LogP contribution in [-0.2, 0) is 9.53 Å². The lowest BCUT2D eigenvalue weighted by Gasteiger charge is -2.19. The standard InChI is InChI=1S/C19H20O4/c1-2-22-19(21)16-11-12-23-18-14(13-7-4-3-5-8-13)9-6-10-15(18)17(16)20/h3-10,16-17,20H,2,11-12H2,1H3. The highest BCUT2D eigenvalue weighted by Crippen LogP contribution is 2.41. The Morgan fingerprint density at radius 3 is 2.74 bits per heavy atom. The molecule has 2 aromatic rings. The number of carbonyl (C=O) groups is 1. The number of rotatable bonds is 3. The average molecular weight is 312 g/mol. The summed E-state index contributed by atoms with van der Waals surface area (Å²) >= 11 is 0. The van der Waals surface area contributed by atoms with Crippen molar-refractivity contribution in [3.8, 4) is 16.9 Å². The number of ether oxygens (including phenoxy) is 2. The predicted molar refractivity (Wildman–Crippen MR) is 87.1 cm³/mol. The van der Waals surface area contributed by atoms with Crippen LogP contribution in [-0.4, -0.2) is 24.3 Å². The van der Waals surface area contributed by atoms with Gasteiger partial charge in [-0.2, -0.15) is 0 Å². The Kier molecular flexibility index (Phi) is 4.63. The molecule has 4 nitrogen and oxygen atoms in total. The Morgan fingerprint density at radius 1 is 1.22 bits per heavy atom. The summed E-state index contributed by atoms with van der Waals surface area (Å²) in [6.45, 7) is 2.44. The number of esters is 1. The summed E-state index contributed by atoms with van der Waals surface area (Å²) in [5, 5.41) is 10.7. The minimum atomic E-state index is -0.921. The number of hydrogen-bond donors (Lipinski definition) is 1. The molecule has 4 heteroatoms. The number of benzene rings is 2. The molecule has 0 amide bonds. The van der Waals surface area contributed by atoms with E-state index in [9.17, 15) is 9.90 Å². The lowest BCUT2D eigenvalue weighted by molar-refractivity contribution is -0.152. The van der Waals surface area contributed by atoms with Gasteiger partial charge in [-0.3, -0.25) is 4.79 Å². The first-order valence-electron chi connectivity index (χ1n) is 7.88. The summed E-state index contributed by atoms with van der Waals surface area (Å²) in [7, 11) is 0. The zero-order chi connectivity index (χ0) is 16.2. The quantitative estimate of drug-likeness (QED) is 0.883. The molecule has 23 heavy (non-hydrogen) atoms. The molecule has 2 unspecified atom stereocenters. The second kappa shape index (κ2) is 6.84. The van der Waals surface area contributed by atoms with Crippen molar-refractivity contribution in [2.45, 2.75) is 19.4 Å². The first-order valence-corrected chi connectivity index (χ1v) is 7.88. The molecular formula is C19H20O4. The number of aliphatic hydroxyl groups excluding tert-OH is 1. The number of carbonyl (C=O) groups excluding carboxylic acids is 1. The summed E-state index contributed by atoms with van der Waals surface area (Å²) in [6.07, 6.45) is -0.488. The first kappa shape index (κ1) is 15.6. The molecule has 2 atom stereocenters. The van der Waals surface area contributed by atoms with Crippen LogP contribution in [0.3, 0.4) is 0 Å². The van der Waals surface area contributed by atoms with Crippen molar-refractivity contribution in [2.24, 2.45) is 5.92 Å². The Balaban J connectivity index is 2.01. The largest absolute Gasteiger partial charge is 0.493 e. The molecule has 1 heterocycles. The van der Waals surface area contributed by atoms with Gasteiger partial charge < -0.3 is 14.6 Å². The molecule has 1 aliphatic heterocycles. The summed E-state index contributed by atoms with van der Waals surface area (Å²) in [6, 6.07) is 15.5. The highest BCUT2D eigenvalue weighted by atomic mass is 16.5. The average Bonchev–Trinajstić information content (AvgIpc) is 2.75. The second-order valence-electron chi connectivity index (χ2n) is 5.53. The molecule has 0 fully saturated rings. The molecule has 0 aromatic heterocycles. The molecule has 1 aliphatic rings. The minimum absolute atomic E-state index is 0.305. The lowest BCUT2D eigenvalue weighted by atomic mass is 9.91. The summed E-state index contributed by atoms with van der Waals surface area (Å²) in [5.41, 5.74) is 2.58. The third-order valence-electron chi connectivity index (χ3n) is 4.09. The van der Waals surface area contributed by atoms with Gasteiger partial charge in [-0.05, 0) is 18.9 Å². The number of para-hydroxylation sites is 1. The van der Waals surface area contributed by atoms with Crippen molar-refractivity contribution in [2.75, 3.05) is 13.2 Å². The second-order valence-corrected chi connectivity index (χ2v) is 5.53. The van der Waals surface area contributed by atoms with Gasteiger partial charge >= 0.3 is 5.97 Å². The molecule has 0 radical (unpaired) electrons. The topological polar surface area (TPSA) is 55.8 Å². The van der Waals surface area contributed by atoms with E-state index >= 15 is 0 Å². The first-order chi connectivity index (χ1) is 11.2. The molecule has 2 aromatic carbocycles. The third kappa shape index (κ3) is 3.08. The smallest absolute Gasteiger partial charge is 0.312 e.